The molecule has 3 aromatic rings. The number of carbonyl (C=O) groups is 2. The molecule has 0 aromatic heterocycles. The number of unbranched alkanes of at least 4 members (excludes halogenated alkanes) is 1. The van der Waals surface area contributed by atoms with Crippen LogP contribution in [0.4, 0.5) is 11.4 Å². The van der Waals surface area contributed by atoms with Crippen LogP contribution in [0.2, 0.25) is 5.02 Å². The summed E-state index contributed by atoms with van der Waals surface area (Å²) >= 11 is 9.64. The molecule has 0 radical (unpaired) electrons. The van der Waals surface area contributed by atoms with Gasteiger partial charge >= 0.3 is 0 Å². The van der Waals surface area contributed by atoms with Crippen molar-refractivity contribution in [2.75, 3.05) is 24.5 Å². The topological polar surface area (TPSA) is 139 Å². The van der Waals surface area contributed by atoms with Gasteiger partial charge in [-0.3, -0.25) is 24.0 Å². The number of hydrogen-bond acceptors (Lipinski definition) is 7. The minimum absolute atomic E-state index is 0.00501. The fourth-order valence-electron chi connectivity index (χ4n) is 4.35. The molecule has 14 heteroatoms. The van der Waals surface area contributed by atoms with Gasteiger partial charge in [0.2, 0.25) is 11.8 Å². The van der Waals surface area contributed by atoms with Gasteiger partial charge in [-0.15, -0.1) is 0 Å². The molecule has 11 nitrogen and oxygen atoms in total. The molecule has 0 heterocycles. The third kappa shape index (κ3) is 8.48. The molecule has 1 N–H and O–H groups in total. The summed E-state index contributed by atoms with van der Waals surface area (Å²) in [5.41, 5.74) is 0.518. The van der Waals surface area contributed by atoms with Gasteiger partial charge in [0, 0.05) is 34.2 Å². The zero-order valence-electron chi connectivity index (χ0n) is 24.7. The van der Waals surface area contributed by atoms with Crippen LogP contribution in [0.1, 0.15) is 37.8 Å². The van der Waals surface area contributed by atoms with E-state index < -0.39 is 49.9 Å². The normalized spacial score (nSPS) is 11.9. The molecule has 0 saturated heterocycles. The van der Waals surface area contributed by atoms with Crippen LogP contribution in [0.5, 0.6) is 5.75 Å². The first-order valence-electron chi connectivity index (χ1n) is 13.7. The van der Waals surface area contributed by atoms with Crippen molar-refractivity contribution in [1.29, 1.82) is 0 Å². The number of ether oxygens (including phenoxy) is 1. The van der Waals surface area contributed by atoms with Crippen molar-refractivity contribution in [2.45, 2.75) is 51.1 Å². The van der Waals surface area contributed by atoms with Gasteiger partial charge in [0.15, 0.2) is 0 Å². The highest BCUT2D eigenvalue weighted by Crippen LogP contribution is 2.36. The van der Waals surface area contributed by atoms with Crippen molar-refractivity contribution in [3.05, 3.63) is 91.4 Å². The van der Waals surface area contributed by atoms with E-state index in [9.17, 15) is 28.1 Å². The van der Waals surface area contributed by atoms with Gasteiger partial charge in [-0.25, -0.2) is 8.42 Å². The molecule has 0 spiro atoms. The average Bonchev–Trinajstić information content (AvgIpc) is 2.99. The Bertz CT molecular complexity index is 1620. The lowest BCUT2D eigenvalue weighted by Crippen LogP contribution is -2.51. The van der Waals surface area contributed by atoms with Crippen LogP contribution in [0, 0.1) is 17.0 Å². The number of methoxy groups -OCH3 is 1. The Balaban J connectivity index is 2.13. The summed E-state index contributed by atoms with van der Waals surface area (Å²) in [7, 11) is -3.28. The Hall–Kier alpha value is -3.68. The third-order valence-corrected chi connectivity index (χ3v) is 9.44. The minimum atomic E-state index is -4.61. The van der Waals surface area contributed by atoms with Crippen molar-refractivity contribution in [2.24, 2.45) is 0 Å². The Morgan fingerprint density at radius 3 is 2.41 bits per heavy atom. The fourth-order valence-corrected chi connectivity index (χ4v) is 6.22. The Morgan fingerprint density at radius 1 is 1.11 bits per heavy atom. The number of nitrogens with one attached hydrogen (secondary N) is 1. The predicted octanol–water partition coefficient (Wildman–Crippen LogP) is 5.86. The Morgan fingerprint density at radius 2 is 1.80 bits per heavy atom. The van der Waals surface area contributed by atoms with Gasteiger partial charge in [-0.1, -0.05) is 59.1 Å². The van der Waals surface area contributed by atoms with E-state index in [0.29, 0.717) is 12.1 Å². The molecular formula is C30H34BrClN4O7S. The number of nitrogens with zero attached hydrogens (tertiary/aromatic N) is 3. The van der Waals surface area contributed by atoms with Crippen LogP contribution >= 0.6 is 27.5 Å². The maximum atomic E-state index is 14.2. The molecule has 0 aliphatic rings. The summed E-state index contributed by atoms with van der Waals surface area (Å²) in [6, 6.07) is 14.0. The molecule has 0 aliphatic carbocycles. The first-order valence-corrected chi connectivity index (χ1v) is 16.3. The lowest BCUT2D eigenvalue weighted by molar-refractivity contribution is -0.385. The number of carbonyl (C=O) groups excluding carboxylic acids is 2. The molecule has 0 saturated carbocycles. The summed E-state index contributed by atoms with van der Waals surface area (Å²) < 4.78 is 35.4. The Labute approximate surface area is 270 Å². The SMILES string of the molecule is CCCCNC(=O)[C@H](C)N(Cc1ccc(Br)cc1)C(=O)CN(c1cc(Cl)ccc1OC)S(=O)(=O)c1ccc(C)c([N+](=O)[O-])c1. The zero-order valence-corrected chi connectivity index (χ0v) is 27.9. The summed E-state index contributed by atoms with van der Waals surface area (Å²) in [6.07, 6.45) is 1.62. The molecular weight excluding hydrogens is 676 g/mol. The predicted molar refractivity (Wildman–Crippen MR) is 172 cm³/mol. The fraction of sp³-hybridized carbons (Fsp3) is 0.333. The van der Waals surface area contributed by atoms with Crippen LogP contribution in [0.3, 0.4) is 0 Å². The first-order chi connectivity index (χ1) is 20.8. The second-order valence-corrected chi connectivity index (χ2v) is 13.2. The number of nitro groups is 1. The van der Waals surface area contributed by atoms with Gasteiger partial charge in [0.25, 0.3) is 15.7 Å². The molecule has 0 fully saturated rings. The second-order valence-electron chi connectivity index (χ2n) is 10.0. The minimum Gasteiger partial charge on any atom is -0.495 e. The maximum absolute atomic E-state index is 14.2. The largest absolute Gasteiger partial charge is 0.495 e. The summed E-state index contributed by atoms with van der Waals surface area (Å²) in [4.78, 5) is 39.1. The Kier molecular flexibility index (Phi) is 12.1. The van der Waals surface area contributed by atoms with Crippen LogP contribution in [-0.2, 0) is 26.2 Å². The maximum Gasteiger partial charge on any atom is 0.273 e. The van der Waals surface area contributed by atoms with Crippen molar-refractivity contribution < 1.29 is 27.7 Å². The number of hydrogen-bond donors (Lipinski definition) is 1. The number of sulfonamides is 1. The van der Waals surface area contributed by atoms with E-state index in [-0.39, 0.29) is 28.6 Å². The van der Waals surface area contributed by atoms with Gasteiger partial charge in [-0.05, 0) is 62.2 Å². The van der Waals surface area contributed by atoms with Crippen LogP contribution in [-0.4, -0.2) is 56.3 Å². The van der Waals surface area contributed by atoms with Crippen molar-refractivity contribution >= 4 is 60.7 Å². The highest BCUT2D eigenvalue weighted by atomic mass is 79.9. The number of halogens is 2. The molecule has 3 rings (SSSR count). The molecule has 2 amide bonds. The number of nitro benzene ring substituents is 1. The first kappa shape index (κ1) is 34.8. The number of amides is 2. The lowest BCUT2D eigenvalue weighted by Gasteiger charge is -2.32. The smallest absolute Gasteiger partial charge is 0.273 e. The highest BCUT2D eigenvalue weighted by Gasteiger charge is 2.35. The molecule has 0 aliphatic heterocycles. The van der Waals surface area contributed by atoms with Crippen LogP contribution in [0.15, 0.2) is 70.0 Å². The van der Waals surface area contributed by atoms with E-state index in [1.165, 1.54) is 49.3 Å². The van der Waals surface area contributed by atoms with Gasteiger partial charge in [0.05, 0.1) is 22.6 Å². The number of rotatable bonds is 14. The summed E-state index contributed by atoms with van der Waals surface area (Å²) in [5.74, 6) is -0.997. The van der Waals surface area contributed by atoms with E-state index in [1.807, 2.05) is 6.92 Å². The van der Waals surface area contributed by atoms with Crippen molar-refractivity contribution in [3.8, 4) is 5.75 Å². The van der Waals surface area contributed by atoms with E-state index in [1.54, 1.807) is 31.2 Å². The summed E-state index contributed by atoms with van der Waals surface area (Å²) in [6.45, 7) is 4.71. The van der Waals surface area contributed by atoms with E-state index >= 15 is 0 Å². The molecule has 0 bridgehead atoms. The van der Waals surface area contributed by atoms with E-state index in [0.717, 1.165) is 27.7 Å². The lowest BCUT2D eigenvalue weighted by atomic mass is 10.1. The van der Waals surface area contributed by atoms with Gasteiger partial charge in [-0.2, -0.15) is 0 Å². The van der Waals surface area contributed by atoms with E-state index in [2.05, 4.69) is 21.2 Å². The summed E-state index contributed by atoms with van der Waals surface area (Å²) in [5, 5.41) is 14.6. The van der Waals surface area contributed by atoms with Gasteiger partial charge in [0.1, 0.15) is 18.3 Å². The van der Waals surface area contributed by atoms with Crippen molar-refractivity contribution in [1.82, 2.24) is 10.2 Å². The van der Waals surface area contributed by atoms with Crippen LogP contribution < -0.4 is 14.4 Å². The second kappa shape index (κ2) is 15.4. The number of anilines is 1. The standard InChI is InChI=1S/C30H34BrClN4O7S/c1-5-6-15-33-30(38)21(3)34(18-22-8-10-23(31)11-9-22)29(37)19-35(27-16-24(32)12-14-28(27)43-4)44(41,42)25-13-7-20(2)26(17-25)36(39)40/h7-14,16-17,21H,5-6,15,18-19H2,1-4H3,(H,33,38)/t21-/m0/s1. The number of aryl methyl sites for hydroxylation is 1. The molecule has 236 valence electrons. The van der Waals surface area contributed by atoms with Crippen molar-refractivity contribution in [3.63, 3.8) is 0 Å². The third-order valence-electron chi connectivity index (χ3n) is 6.92. The zero-order chi connectivity index (χ0) is 32.6. The number of benzene rings is 3. The van der Waals surface area contributed by atoms with Gasteiger partial charge < -0.3 is 15.0 Å². The molecule has 0 unspecified atom stereocenters. The van der Waals surface area contributed by atoms with Crippen LogP contribution in [0.25, 0.3) is 0 Å². The quantitative estimate of drug-likeness (QED) is 0.126. The molecule has 3 aromatic carbocycles. The average molecular weight is 710 g/mol. The highest BCUT2D eigenvalue weighted by molar-refractivity contribution is 9.10. The monoisotopic (exact) mass is 708 g/mol. The molecule has 1 atom stereocenters. The molecule has 44 heavy (non-hydrogen) atoms. The van der Waals surface area contributed by atoms with E-state index in [4.69, 9.17) is 16.3 Å².